The third kappa shape index (κ3) is 2.37. The average molecular weight is 189 g/mol. The van der Waals surface area contributed by atoms with Crippen molar-refractivity contribution in [3.8, 4) is 0 Å². The Bertz CT molecular complexity index is 279. The maximum atomic E-state index is 13.0. The number of halogens is 3. The third-order valence-electron chi connectivity index (χ3n) is 1.73. The first-order chi connectivity index (χ1) is 6.00. The summed E-state index contributed by atoms with van der Waals surface area (Å²) in [5.74, 6) is -0.555. The minimum atomic E-state index is -2.47. The Labute approximate surface area is 74.8 Å². The molecule has 0 spiro atoms. The summed E-state index contributed by atoms with van der Waals surface area (Å²) >= 11 is 0. The summed E-state index contributed by atoms with van der Waals surface area (Å²) in [5, 5.41) is 0. The Morgan fingerprint density at radius 1 is 1.46 bits per heavy atom. The first-order valence-corrected chi connectivity index (χ1v) is 3.78. The zero-order valence-corrected chi connectivity index (χ0v) is 7.23. The molecule has 0 bridgehead atoms. The van der Waals surface area contributed by atoms with Crippen molar-refractivity contribution >= 4 is 0 Å². The van der Waals surface area contributed by atoms with Crippen LogP contribution in [0.2, 0.25) is 0 Å². The molecule has 72 valence electrons. The van der Waals surface area contributed by atoms with Crippen molar-refractivity contribution in [1.82, 2.24) is 4.90 Å². The average Bonchev–Trinajstić information content (AvgIpc) is 1.98. The largest absolute Gasteiger partial charge is 0.354 e. The van der Waals surface area contributed by atoms with Crippen LogP contribution >= 0.6 is 0 Å². The van der Waals surface area contributed by atoms with E-state index in [2.05, 4.69) is 6.58 Å². The molecule has 1 aliphatic heterocycles. The number of rotatable bonds is 2. The lowest BCUT2D eigenvalue weighted by Gasteiger charge is -2.19. The maximum Gasteiger partial charge on any atom is 0.242 e. The molecular formula is C9H10F3N. The second-order valence-electron chi connectivity index (χ2n) is 2.87. The fourth-order valence-corrected chi connectivity index (χ4v) is 1.11. The molecule has 0 N–H and O–H groups in total. The molecule has 0 aromatic heterocycles. The van der Waals surface area contributed by atoms with Gasteiger partial charge in [-0.2, -0.15) is 0 Å². The van der Waals surface area contributed by atoms with Crippen LogP contribution in [0.1, 0.15) is 6.42 Å². The summed E-state index contributed by atoms with van der Waals surface area (Å²) in [6.45, 7) is 3.39. The Hall–Kier alpha value is -1.19. The number of alkyl halides is 2. The molecule has 0 radical (unpaired) electrons. The third-order valence-corrected chi connectivity index (χ3v) is 1.73. The van der Waals surface area contributed by atoms with E-state index < -0.39 is 18.7 Å². The standard InChI is InChI=1S/C9H10F3N/c1-6-7(3-9(11)12)4-13(2)5-8(6)10/h4-5,9H,1,3H2,2H3. The van der Waals surface area contributed by atoms with Gasteiger partial charge >= 0.3 is 0 Å². The second kappa shape index (κ2) is 3.68. The van der Waals surface area contributed by atoms with E-state index in [9.17, 15) is 13.2 Å². The van der Waals surface area contributed by atoms with Crippen LogP contribution in [0.25, 0.3) is 0 Å². The van der Waals surface area contributed by atoms with Gasteiger partial charge in [0.05, 0.1) is 0 Å². The zero-order valence-electron chi connectivity index (χ0n) is 7.23. The van der Waals surface area contributed by atoms with Gasteiger partial charge in [-0.05, 0) is 5.57 Å². The highest BCUT2D eigenvalue weighted by Gasteiger charge is 2.17. The van der Waals surface area contributed by atoms with Crippen molar-refractivity contribution in [2.45, 2.75) is 12.8 Å². The van der Waals surface area contributed by atoms with E-state index >= 15 is 0 Å². The van der Waals surface area contributed by atoms with E-state index in [4.69, 9.17) is 0 Å². The van der Waals surface area contributed by atoms with Gasteiger partial charge in [0.15, 0.2) is 0 Å². The van der Waals surface area contributed by atoms with E-state index in [1.807, 2.05) is 0 Å². The molecule has 1 heterocycles. The number of hydrogen-bond acceptors (Lipinski definition) is 1. The first-order valence-electron chi connectivity index (χ1n) is 3.78. The van der Waals surface area contributed by atoms with Gasteiger partial charge in [0.1, 0.15) is 5.83 Å². The van der Waals surface area contributed by atoms with Crippen molar-refractivity contribution in [1.29, 1.82) is 0 Å². The van der Waals surface area contributed by atoms with Crippen LogP contribution in [-0.2, 0) is 0 Å². The molecule has 0 amide bonds. The lowest BCUT2D eigenvalue weighted by Crippen LogP contribution is -2.11. The van der Waals surface area contributed by atoms with E-state index in [1.165, 1.54) is 17.3 Å². The van der Waals surface area contributed by atoms with Crippen LogP contribution in [0.3, 0.4) is 0 Å². The predicted molar refractivity (Wildman–Crippen MR) is 44.8 cm³/mol. The van der Waals surface area contributed by atoms with Crippen LogP contribution in [0.5, 0.6) is 0 Å². The van der Waals surface area contributed by atoms with Gasteiger partial charge < -0.3 is 4.90 Å². The molecule has 13 heavy (non-hydrogen) atoms. The molecule has 4 heteroatoms. The van der Waals surface area contributed by atoms with Gasteiger partial charge in [0, 0.05) is 31.4 Å². The van der Waals surface area contributed by atoms with Gasteiger partial charge in [0.2, 0.25) is 6.43 Å². The molecule has 0 unspecified atom stereocenters. The molecule has 0 aliphatic carbocycles. The fraction of sp³-hybridized carbons (Fsp3) is 0.333. The van der Waals surface area contributed by atoms with Crippen LogP contribution in [0.15, 0.2) is 36.0 Å². The monoisotopic (exact) mass is 189 g/mol. The quantitative estimate of drug-likeness (QED) is 0.645. The molecule has 1 nitrogen and oxygen atoms in total. The summed E-state index contributed by atoms with van der Waals surface area (Å²) in [6, 6.07) is 0. The maximum absolute atomic E-state index is 13.0. The predicted octanol–water partition coefficient (Wildman–Crippen LogP) is 2.84. The van der Waals surface area contributed by atoms with Crippen LogP contribution in [0, 0.1) is 0 Å². The van der Waals surface area contributed by atoms with Gasteiger partial charge in [-0.15, -0.1) is 0 Å². The molecular weight excluding hydrogens is 179 g/mol. The second-order valence-corrected chi connectivity index (χ2v) is 2.87. The lowest BCUT2D eigenvalue weighted by atomic mass is 10.0. The Kier molecular flexibility index (Phi) is 2.80. The number of allylic oxidation sites excluding steroid dienone is 3. The van der Waals surface area contributed by atoms with Gasteiger partial charge in [-0.25, -0.2) is 13.2 Å². The smallest absolute Gasteiger partial charge is 0.242 e. The summed E-state index contributed by atoms with van der Waals surface area (Å²) < 4.78 is 37.0. The molecule has 0 saturated carbocycles. The molecule has 0 aromatic rings. The normalized spacial score (nSPS) is 17.6. The van der Waals surface area contributed by atoms with Gasteiger partial charge in [0.25, 0.3) is 0 Å². The lowest BCUT2D eigenvalue weighted by molar-refractivity contribution is 0.149. The zero-order chi connectivity index (χ0) is 10.0. The van der Waals surface area contributed by atoms with E-state index in [0.29, 0.717) is 0 Å². The minimum Gasteiger partial charge on any atom is -0.354 e. The topological polar surface area (TPSA) is 3.24 Å². The molecule has 1 aliphatic rings. The molecule has 0 fully saturated rings. The Morgan fingerprint density at radius 3 is 2.62 bits per heavy atom. The minimum absolute atomic E-state index is 0.0541. The van der Waals surface area contributed by atoms with Crippen molar-refractivity contribution < 1.29 is 13.2 Å². The molecule has 1 rings (SSSR count). The van der Waals surface area contributed by atoms with Crippen LogP contribution in [-0.4, -0.2) is 18.4 Å². The first kappa shape index (κ1) is 9.89. The Balaban J connectivity index is 2.80. The van der Waals surface area contributed by atoms with E-state index in [-0.39, 0.29) is 11.1 Å². The fourth-order valence-electron chi connectivity index (χ4n) is 1.11. The summed E-state index contributed by atoms with van der Waals surface area (Å²) in [6.07, 6.45) is -0.262. The SMILES string of the molecule is C=C1C(F)=CN(C)C=C1CC(F)F. The van der Waals surface area contributed by atoms with Crippen LogP contribution < -0.4 is 0 Å². The molecule has 0 aromatic carbocycles. The summed E-state index contributed by atoms with van der Waals surface area (Å²) in [5.41, 5.74) is 0.302. The van der Waals surface area contributed by atoms with Crippen molar-refractivity contribution in [2.24, 2.45) is 0 Å². The van der Waals surface area contributed by atoms with E-state index in [0.717, 1.165) is 0 Å². The van der Waals surface area contributed by atoms with Gasteiger partial charge in [-0.3, -0.25) is 0 Å². The highest BCUT2D eigenvalue weighted by atomic mass is 19.3. The van der Waals surface area contributed by atoms with Crippen molar-refractivity contribution in [2.75, 3.05) is 7.05 Å². The summed E-state index contributed by atoms with van der Waals surface area (Å²) in [7, 11) is 1.58. The van der Waals surface area contributed by atoms with Crippen molar-refractivity contribution in [3.63, 3.8) is 0 Å². The number of hydrogen-bond donors (Lipinski definition) is 0. The van der Waals surface area contributed by atoms with Gasteiger partial charge in [-0.1, -0.05) is 6.58 Å². The van der Waals surface area contributed by atoms with E-state index in [1.54, 1.807) is 7.05 Å². The number of nitrogens with zero attached hydrogens (tertiary/aromatic N) is 1. The highest BCUT2D eigenvalue weighted by molar-refractivity contribution is 5.43. The Morgan fingerprint density at radius 2 is 2.08 bits per heavy atom. The highest BCUT2D eigenvalue weighted by Crippen LogP contribution is 2.28. The summed E-state index contributed by atoms with van der Waals surface area (Å²) in [4.78, 5) is 1.40. The molecule has 0 saturated heterocycles. The van der Waals surface area contributed by atoms with Crippen LogP contribution in [0.4, 0.5) is 13.2 Å². The molecule has 0 atom stereocenters. The van der Waals surface area contributed by atoms with Crippen molar-refractivity contribution in [3.05, 3.63) is 36.0 Å².